The highest BCUT2D eigenvalue weighted by Crippen LogP contribution is 2.34. The van der Waals surface area contributed by atoms with Crippen LogP contribution in [0.3, 0.4) is 0 Å². The Kier molecular flexibility index (Phi) is 4.67. The van der Waals surface area contributed by atoms with Crippen LogP contribution in [0.25, 0.3) is 0 Å². The topological polar surface area (TPSA) is 67.7 Å². The number of hydrogen-bond donors (Lipinski definition) is 0. The standard InChI is InChI=1S/C18H19BrN4O3/c19-13-1-2-15-16(9-13)26-11-18(25)23(15)10-17(24)21-6-3-14(4-7-21)22-8-5-20-12-22/h1-2,5,8-9,12,14H,3-4,6-7,10-11H2. The summed E-state index contributed by atoms with van der Waals surface area (Å²) in [7, 11) is 0. The minimum absolute atomic E-state index is 0.0294. The van der Waals surface area contributed by atoms with Gasteiger partial charge in [0, 0.05) is 36.0 Å². The molecular weight excluding hydrogens is 400 g/mol. The molecule has 0 atom stereocenters. The smallest absolute Gasteiger partial charge is 0.265 e. The number of likely N-dealkylation sites (tertiary alicyclic amines) is 1. The molecule has 2 amide bonds. The number of ether oxygens (including phenoxy) is 1. The Morgan fingerprint density at radius 1 is 1.31 bits per heavy atom. The molecule has 2 aliphatic heterocycles. The number of nitrogens with zero attached hydrogens (tertiary/aromatic N) is 4. The van der Waals surface area contributed by atoms with E-state index >= 15 is 0 Å². The molecule has 0 spiro atoms. The Balaban J connectivity index is 1.42. The van der Waals surface area contributed by atoms with Gasteiger partial charge in [0.15, 0.2) is 6.61 Å². The third-order valence-electron chi connectivity index (χ3n) is 4.92. The van der Waals surface area contributed by atoms with Crippen LogP contribution in [0.1, 0.15) is 18.9 Å². The van der Waals surface area contributed by atoms with E-state index in [1.54, 1.807) is 12.3 Å². The van der Waals surface area contributed by atoms with Crippen molar-refractivity contribution in [3.05, 3.63) is 41.4 Å². The van der Waals surface area contributed by atoms with Gasteiger partial charge < -0.3 is 14.2 Å². The molecule has 3 heterocycles. The molecule has 2 aliphatic rings. The van der Waals surface area contributed by atoms with Crippen LogP contribution in [0.4, 0.5) is 5.69 Å². The summed E-state index contributed by atoms with van der Waals surface area (Å²) >= 11 is 3.40. The number of imidazole rings is 1. The van der Waals surface area contributed by atoms with Gasteiger partial charge in [0.1, 0.15) is 12.3 Å². The van der Waals surface area contributed by atoms with Crippen LogP contribution in [0, 0.1) is 0 Å². The second-order valence-corrected chi connectivity index (χ2v) is 7.42. The molecule has 1 fully saturated rings. The van der Waals surface area contributed by atoms with Crippen molar-refractivity contribution in [1.82, 2.24) is 14.5 Å². The van der Waals surface area contributed by atoms with E-state index in [0.717, 1.165) is 17.3 Å². The number of aromatic nitrogens is 2. The lowest BCUT2D eigenvalue weighted by Crippen LogP contribution is -2.48. The number of fused-ring (bicyclic) bond motifs is 1. The van der Waals surface area contributed by atoms with Crippen LogP contribution in [-0.2, 0) is 9.59 Å². The molecule has 1 aromatic carbocycles. The highest BCUT2D eigenvalue weighted by atomic mass is 79.9. The van der Waals surface area contributed by atoms with Crippen LogP contribution in [-0.4, -0.2) is 52.5 Å². The molecule has 0 unspecified atom stereocenters. The summed E-state index contributed by atoms with van der Waals surface area (Å²) in [5, 5.41) is 0. The zero-order valence-corrected chi connectivity index (χ0v) is 15.8. The van der Waals surface area contributed by atoms with Crippen LogP contribution >= 0.6 is 15.9 Å². The summed E-state index contributed by atoms with van der Waals surface area (Å²) in [6.07, 6.45) is 7.34. The maximum absolute atomic E-state index is 12.7. The molecular formula is C18H19BrN4O3. The molecule has 1 saturated heterocycles. The zero-order chi connectivity index (χ0) is 18.1. The first kappa shape index (κ1) is 17.1. The lowest BCUT2D eigenvalue weighted by atomic mass is 10.0. The molecule has 2 aromatic rings. The maximum atomic E-state index is 12.7. The summed E-state index contributed by atoms with van der Waals surface area (Å²) in [6, 6.07) is 5.84. The first-order valence-electron chi connectivity index (χ1n) is 8.60. The third-order valence-corrected chi connectivity index (χ3v) is 5.42. The first-order valence-corrected chi connectivity index (χ1v) is 9.39. The predicted octanol–water partition coefficient (Wildman–Crippen LogP) is 2.23. The molecule has 0 aliphatic carbocycles. The van der Waals surface area contributed by atoms with Gasteiger partial charge in [-0.2, -0.15) is 0 Å². The van der Waals surface area contributed by atoms with Gasteiger partial charge in [-0.1, -0.05) is 15.9 Å². The summed E-state index contributed by atoms with van der Waals surface area (Å²) in [5.74, 6) is 0.394. The zero-order valence-electron chi connectivity index (χ0n) is 14.2. The minimum Gasteiger partial charge on any atom is -0.482 e. The van der Waals surface area contributed by atoms with Crippen molar-refractivity contribution in [1.29, 1.82) is 0 Å². The number of benzene rings is 1. The van der Waals surface area contributed by atoms with Crippen LogP contribution in [0.5, 0.6) is 5.75 Å². The second-order valence-electron chi connectivity index (χ2n) is 6.50. The highest BCUT2D eigenvalue weighted by Gasteiger charge is 2.30. The second kappa shape index (κ2) is 7.11. The largest absolute Gasteiger partial charge is 0.482 e. The fourth-order valence-corrected chi connectivity index (χ4v) is 3.83. The van der Waals surface area contributed by atoms with Crippen molar-refractivity contribution in [3.63, 3.8) is 0 Å². The van der Waals surface area contributed by atoms with Crippen molar-refractivity contribution < 1.29 is 14.3 Å². The SMILES string of the molecule is O=C(CN1C(=O)COc2cc(Br)ccc21)N1CCC(n2ccnc2)CC1. The third kappa shape index (κ3) is 3.33. The number of hydrogen-bond acceptors (Lipinski definition) is 4. The van der Waals surface area contributed by atoms with E-state index in [2.05, 4.69) is 25.5 Å². The van der Waals surface area contributed by atoms with E-state index in [1.807, 2.05) is 29.6 Å². The van der Waals surface area contributed by atoms with Crippen molar-refractivity contribution in [2.24, 2.45) is 0 Å². The molecule has 4 rings (SSSR count). The van der Waals surface area contributed by atoms with Crippen LogP contribution in [0.15, 0.2) is 41.4 Å². The number of halogens is 1. The minimum atomic E-state index is -0.193. The van der Waals surface area contributed by atoms with E-state index < -0.39 is 0 Å². The van der Waals surface area contributed by atoms with Crippen molar-refractivity contribution in [2.75, 3.05) is 31.1 Å². The summed E-state index contributed by atoms with van der Waals surface area (Å²) in [4.78, 5) is 32.5. The molecule has 1 aromatic heterocycles. The Bertz CT molecular complexity index is 816. The molecule has 26 heavy (non-hydrogen) atoms. The maximum Gasteiger partial charge on any atom is 0.265 e. The van der Waals surface area contributed by atoms with Gasteiger partial charge in [0.05, 0.1) is 12.0 Å². The molecule has 0 bridgehead atoms. The average molecular weight is 419 g/mol. The molecule has 0 N–H and O–H groups in total. The van der Waals surface area contributed by atoms with Gasteiger partial charge in [-0.3, -0.25) is 14.5 Å². The molecule has 0 saturated carbocycles. The van der Waals surface area contributed by atoms with Gasteiger partial charge in [0.25, 0.3) is 5.91 Å². The van der Waals surface area contributed by atoms with Gasteiger partial charge in [-0.15, -0.1) is 0 Å². The van der Waals surface area contributed by atoms with E-state index in [9.17, 15) is 9.59 Å². The van der Waals surface area contributed by atoms with Gasteiger partial charge >= 0.3 is 0 Å². The Hall–Kier alpha value is -2.35. The van der Waals surface area contributed by atoms with Crippen LogP contribution < -0.4 is 9.64 Å². The summed E-state index contributed by atoms with van der Waals surface area (Å²) in [5.41, 5.74) is 0.645. The Morgan fingerprint density at radius 2 is 2.12 bits per heavy atom. The van der Waals surface area contributed by atoms with Crippen LogP contribution in [0.2, 0.25) is 0 Å². The lowest BCUT2D eigenvalue weighted by molar-refractivity contribution is -0.133. The van der Waals surface area contributed by atoms with Gasteiger partial charge in [0.2, 0.25) is 5.91 Å². The predicted molar refractivity (Wildman–Crippen MR) is 99.1 cm³/mol. The Morgan fingerprint density at radius 3 is 2.85 bits per heavy atom. The number of anilines is 1. The average Bonchev–Trinajstić information content (AvgIpc) is 3.19. The number of amides is 2. The van der Waals surface area contributed by atoms with Gasteiger partial charge in [-0.05, 0) is 31.0 Å². The number of carbonyl (C=O) groups is 2. The quantitative estimate of drug-likeness (QED) is 0.766. The fourth-order valence-electron chi connectivity index (χ4n) is 3.49. The van der Waals surface area contributed by atoms with Crippen molar-refractivity contribution in [2.45, 2.75) is 18.9 Å². The first-order chi connectivity index (χ1) is 12.6. The normalized spacial score (nSPS) is 17.8. The van der Waals surface area contributed by atoms with E-state index in [0.29, 0.717) is 30.6 Å². The van der Waals surface area contributed by atoms with Crippen molar-refractivity contribution in [3.8, 4) is 5.75 Å². The number of piperidine rings is 1. The molecule has 7 nitrogen and oxygen atoms in total. The van der Waals surface area contributed by atoms with Gasteiger partial charge in [-0.25, -0.2) is 4.98 Å². The number of rotatable bonds is 3. The number of carbonyl (C=O) groups excluding carboxylic acids is 2. The molecule has 136 valence electrons. The summed E-state index contributed by atoms with van der Waals surface area (Å²) < 4.78 is 8.45. The monoisotopic (exact) mass is 418 g/mol. The summed E-state index contributed by atoms with van der Waals surface area (Å²) in [6.45, 7) is 1.38. The Labute approximate surface area is 159 Å². The molecule has 8 heteroatoms. The van der Waals surface area contributed by atoms with E-state index in [4.69, 9.17) is 4.74 Å². The van der Waals surface area contributed by atoms with E-state index in [-0.39, 0.29) is 25.0 Å². The molecule has 0 radical (unpaired) electrons. The fraction of sp³-hybridized carbons (Fsp3) is 0.389. The highest BCUT2D eigenvalue weighted by molar-refractivity contribution is 9.10. The van der Waals surface area contributed by atoms with E-state index in [1.165, 1.54) is 4.90 Å². The lowest BCUT2D eigenvalue weighted by Gasteiger charge is -2.35. The van der Waals surface area contributed by atoms with Crippen molar-refractivity contribution >= 4 is 33.4 Å².